The van der Waals surface area contributed by atoms with Gasteiger partial charge < -0.3 is 9.47 Å². The summed E-state index contributed by atoms with van der Waals surface area (Å²) < 4.78 is 77.2. The molecule has 1 aliphatic heterocycles. The third-order valence-corrected chi connectivity index (χ3v) is 6.13. The van der Waals surface area contributed by atoms with Crippen molar-refractivity contribution in [2.45, 2.75) is 43.2 Å². The van der Waals surface area contributed by atoms with Crippen LogP contribution in [0.4, 0.5) is 13.2 Å². The highest BCUT2D eigenvalue weighted by Crippen LogP contribution is 2.41. The number of amides is 1. The minimum Gasteiger partial charge on any atom is -0.490 e. The van der Waals surface area contributed by atoms with E-state index in [2.05, 4.69) is 0 Å². The molecule has 3 rings (SSSR count). The first-order valence-corrected chi connectivity index (χ1v) is 10.2. The van der Waals surface area contributed by atoms with Gasteiger partial charge in [0.15, 0.2) is 11.5 Å². The summed E-state index contributed by atoms with van der Waals surface area (Å²) in [6.45, 7) is 0.772. The fourth-order valence-corrected chi connectivity index (χ4v) is 4.46. The molecule has 150 valence electrons. The smallest absolute Gasteiger partial charge is 0.392 e. The van der Waals surface area contributed by atoms with E-state index in [9.17, 15) is 26.4 Å². The van der Waals surface area contributed by atoms with Gasteiger partial charge in [-0.25, -0.2) is 13.1 Å². The molecule has 1 saturated carbocycles. The molecule has 0 unspecified atom stereocenters. The quantitative estimate of drug-likeness (QED) is 0.833. The average Bonchev–Trinajstić information content (AvgIpc) is 2.85. The third kappa shape index (κ3) is 4.48. The maximum absolute atomic E-state index is 13.2. The third-order valence-electron chi connectivity index (χ3n) is 4.79. The number of fused-ring (bicyclic) bond motifs is 1. The van der Waals surface area contributed by atoms with E-state index in [1.54, 1.807) is 4.72 Å². The van der Waals surface area contributed by atoms with Crippen molar-refractivity contribution in [1.29, 1.82) is 0 Å². The van der Waals surface area contributed by atoms with Gasteiger partial charge in [0.05, 0.1) is 29.9 Å². The number of nitrogens with one attached hydrogen (secondary N) is 1. The lowest BCUT2D eigenvalue weighted by Crippen LogP contribution is -2.44. The molecule has 1 amide bonds. The van der Waals surface area contributed by atoms with Gasteiger partial charge >= 0.3 is 6.18 Å². The highest BCUT2D eigenvalue weighted by atomic mass is 32.2. The Morgan fingerprint density at radius 2 is 1.70 bits per heavy atom. The molecule has 2 atom stereocenters. The van der Waals surface area contributed by atoms with Gasteiger partial charge in [-0.05, 0) is 25.0 Å². The first-order valence-electron chi connectivity index (χ1n) is 8.71. The molecule has 27 heavy (non-hydrogen) atoms. The first kappa shape index (κ1) is 19.8. The van der Waals surface area contributed by atoms with Crippen LogP contribution in [0.1, 0.15) is 32.1 Å². The number of carbonyl (C=O) groups is 1. The van der Waals surface area contributed by atoms with Gasteiger partial charge in [0, 0.05) is 12.5 Å². The molecule has 0 radical (unpaired) electrons. The van der Waals surface area contributed by atoms with Crippen LogP contribution in [-0.2, 0) is 14.8 Å². The normalized spacial score (nSPS) is 23.4. The van der Waals surface area contributed by atoms with Gasteiger partial charge in [0.1, 0.15) is 0 Å². The van der Waals surface area contributed by atoms with Gasteiger partial charge in [-0.2, -0.15) is 13.2 Å². The van der Waals surface area contributed by atoms with E-state index in [0.29, 0.717) is 38.2 Å². The molecule has 1 aromatic rings. The van der Waals surface area contributed by atoms with Crippen LogP contribution in [0.15, 0.2) is 23.1 Å². The molecule has 1 aliphatic carbocycles. The lowest BCUT2D eigenvalue weighted by atomic mass is 9.78. The molecular weight excluding hydrogens is 387 g/mol. The predicted molar refractivity (Wildman–Crippen MR) is 88.9 cm³/mol. The number of benzene rings is 1. The monoisotopic (exact) mass is 407 g/mol. The second-order valence-electron chi connectivity index (χ2n) is 6.67. The SMILES string of the molecule is O=C(NS(=O)(=O)c1ccc2c(c1)OCCCO2)[C@@H]1CCCC[C@@H]1C(F)(F)F. The molecule has 1 N–H and O–H groups in total. The Bertz CT molecular complexity index is 809. The lowest BCUT2D eigenvalue weighted by Gasteiger charge is -2.31. The topological polar surface area (TPSA) is 81.7 Å². The Kier molecular flexibility index (Phi) is 5.55. The van der Waals surface area contributed by atoms with Crippen LogP contribution in [0, 0.1) is 11.8 Å². The summed E-state index contributed by atoms with van der Waals surface area (Å²) in [6.07, 6.45) is -3.26. The summed E-state index contributed by atoms with van der Waals surface area (Å²) >= 11 is 0. The fraction of sp³-hybridized carbons (Fsp3) is 0.588. The number of carbonyl (C=O) groups excluding carboxylic acids is 1. The van der Waals surface area contributed by atoms with Crippen LogP contribution >= 0.6 is 0 Å². The highest BCUT2D eigenvalue weighted by molar-refractivity contribution is 7.90. The van der Waals surface area contributed by atoms with Crippen LogP contribution in [0.5, 0.6) is 11.5 Å². The van der Waals surface area contributed by atoms with E-state index in [0.717, 1.165) is 0 Å². The molecule has 0 spiro atoms. The maximum atomic E-state index is 13.2. The van der Waals surface area contributed by atoms with Gasteiger partial charge in [-0.15, -0.1) is 0 Å². The summed E-state index contributed by atoms with van der Waals surface area (Å²) in [5.41, 5.74) is 0. The van der Waals surface area contributed by atoms with Crippen LogP contribution < -0.4 is 14.2 Å². The summed E-state index contributed by atoms with van der Waals surface area (Å²) in [6, 6.07) is 3.84. The summed E-state index contributed by atoms with van der Waals surface area (Å²) in [5, 5.41) is 0. The molecule has 0 aromatic heterocycles. The molecule has 1 fully saturated rings. The van der Waals surface area contributed by atoms with Gasteiger partial charge in [0.25, 0.3) is 10.0 Å². The number of halogens is 3. The van der Waals surface area contributed by atoms with Crippen molar-refractivity contribution in [3.63, 3.8) is 0 Å². The van der Waals surface area contributed by atoms with Crippen molar-refractivity contribution in [3.8, 4) is 11.5 Å². The van der Waals surface area contributed by atoms with Crippen LogP contribution in [0.3, 0.4) is 0 Å². The lowest BCUT2D eigenvalue weighted by molar-refractivity contribution is -0.197. The highest BCUT2D eigenvalue weighted by Gasteiger charge is 2.48. The van der Waals surface area contributed by atoms with E-state index in [-0.39, 0.29) is 23.5 Å². The van der Waals surface area contributed by atoms with E-state index >= 15 is 0 Å². The number of alkyl halides is 3. The molecule has 0 saturated heterocycles. The minimum atomic E-state index is -4.54. The van der Waals surface area contributed by atoms with Gasteiger partial charge in [-0.1, -0.05) is 12.8 Å². The fourth-order valence-electron chi connectivity index (χ4n) is 3.41. The second kappa shape index (κ2) is 7.57. The molecule has 6 nitrogen and oxygen atoms in total. The second-order valence-corrected chi connectivity index (χ2v) is 8.35. The largest absolute Gasteiger partial charge is 0.490 e. The molecule has 0 bridgehead atoms. The molecule has 1 aromatic carbocycles. The summed E-state index contributed by atoms with van der Waals surface area (Å²) in [4.78, 5) is 12.1. The Morgan fingerprint density at radius 1 is 1.04 bits per heavy atom. The van der Waals surface area contributed by atoms with E-state index < -0.39 is 33.9 Å². The number of hydrogen-bond donors (Lipinski definition) is 1. The van der Waals surface area contributed by atoms with Crippen LogP contribution in [-0.4, -0.2) is 33.7 Å². The van der Waals surface area contributed by atoms with E-state index in [1.165, 1.54) is 18.2 Å². The number of rotatable bonds is 3. The Labute approximate surface area is 155 Å². The Hall–Kier alpha value is -1.97. The van der Waals surface area contributed by atoms with E-state index in [4.69, 9.17) is 9.47 Å². The van der Waals surface area contributed by atoms with Crippen molar-refractivity contribution in [3.05, 3.63) is 18.2 Å². The Morgan fingerprint density at radius 3 is 2.41 bits per heavy atom. The maximum Gasteiger partial charge on any atom is 0.392 e. The van der Waals surface area contributed by atoms with E-state index in [1.807, 2.05) is 0 Å². The molecule has 10 heteroatoms. The number of ether oxygens (including phenoxy) is 2. The van der Waals surface area contributed by atoms with Crippen LogP contribution in [0.25, 0.3) is 0 Å². The van der Waals surface area contributed by atoms with Crippen molar-refractivity contribution in [2.24, 2.45) is 11.8 Å². The van der Waals surface area contributed by atoms with Crippen molar-refractivity contribution in [1.82, 2.24) is 4.72 Å². The standard InChI is InChI=1S/C17H20F3NO5S/c18-17(19,20)13-5-2-1-4-12(13)16(22)21-27(23,24)11-6-7-14-15(10-11)26-9-3-8-25-14/h6-7,10,12-13H,1-5,8-9H2,(H,21,22)/t12-,13+/m1/s1. The molecule has 1 heterocycles. The minimum absolute atomic E-state index is 0.00662. The zero-order valence-corrected chi connectivity index (χ0v) is 15.2. The van der Waals surface area contributed by atoms with Crippen molar-refractivity contribution < 1.29 is 35.9 Å². The van der Waals surface area contributed by atoms with Gasteiger partial charge in [-0.3, -0.25) is 4.79 Å². The summed E-state index contributed by atoms with van der Waals surface area (Å²) in [5.74, 6) is -3.76. The zero-order chi connectivity index (χ0) is 19.7. The zero-order valence-electron chi connectivity index (χ0n) is 14.4. The average molecular weight is 407 g/mol. The first-order chi connectivity index (χ1) is 12.7. The molecular formula is C17H20F3NO5S. The number of hydrogen-bond acceptors (Lipinski definition) is 5. The van der Waals surface area contributed by atoms with Crippen molar-refractivity contribution in [2.75, 3.05) is 13.2 Å². The molecule has 2 aliphatic rings. The van der Waals surface area contributed by atoms with Crippen LogP contribution in [0.2, 0.25) is 0 Å². The van der Waals surface area contributed by atoms with Gasteiger partial charge in [0.2, 0.25) is 5.91 Å². The Balaban J connectivity index is 1.79. The van der Waals surface area contributed by atoms with Crippen molar-refractivity contribution >= 4 is 15.9 Å². The number of sulfonamides is 1. The predicted octanol–water partition coefficient (Wildman–Crippen LogP) is 3.02. The summed E-state index contributed by atoms with van der Waals surface area (Å²) in [7, 11) is -4.33.